The van der Waals surface area contributed by atoms with Crippen LogP contribution in [0.2, 0.25) is 0 Å². The SMILES string of the molecule is CCN(C(C)CN(C)C)C(C)c1nc(CCl)cs1. The summed E-state index contributed by atoms with van der Waals surface area (Å²) in [6.07, 6.45) is 0. The lowest BCUT2D eigenvalue weighted by Gasteiger charge is -2.34. The molecule has 0 amide bonds. The van der Waals surface area contributed by atoms with Gasteiger partial charge in [0.05, 0.1) is 17.6 Å². The Morgan fingerprint density at radius 1 is 1.39 bits per heavy atom. The summed E-state index contributed by atoms with van der Waals surface area (Å²) in [4.78, 5) is 9.30. The van der Waals surface area contributed by atoms with E-state index in [-0.39, 0.29) is 0 Å². The molecule has 5 heteroatoms. The second kappa shape index (κ2) is 7.43. The largest absolute Gasteiger partial charge is 0.308 e. The van der Waals surface area contributed by atoms with E-state index in [0.717, 1.165) is 23.8 Å². The van der Waals surface area contributed by atoms with Crippen LogP contribution in [0.15, 0.2) is 5.38 Å². The minimum absolute atomic E-state index is 0.354. The number of halogens is 1. The molecule has 0 aromatic carbocycles. The molecule has 0 aliphatic heterocycles. The van der Waals surface area contributed by atoms with Gasteiger partial charge in [0.1, 0.15) is 5.01 Å². The van der Waals surface area contributed by atoms with E-state index in [1.54, 1.807) is 11.3 Å². The normalized spacial score (nSPS) is 15.3. The highest BCUT2D eigenvalue weighted by atomic mass is 35.5. The molecule has 0 N–H and O–H groups in total. The van der Waals surface area contributed by atoms with E-state index in [0.29, 0.717) is 18.0 Å². The zero-order chi connectivity index (χ0) is 13.7. The van der Waals surface area contributed by atoms with Gasteiger partial charge in [0, 0.05) is 18.0 Å². The molecule has 2 unspecified atom stereocenters. The van der Waals surface area contributed by atoms with Crippen LogP contribution in [0.25, 0.3) is 0 Å². The number of hydrogen-bond donors (Lipinski definition) is 0. The van der Waals surface area contributed by atoms with Crippen LogP contribution in [-0.4, -0.2) is 48.0 Å². The van der Waals surface area contributed by atoms with E-state index in [1.165, 1.54) is 0 Å². The molecule has 0 spiro atoms. The van der Waals surface area contributed by atoms with E-state index < -0.39 is 0 Å². The summed E-state index contributed by atoms with van der Waals surface area (Å²) in [6, 6.07) is 0.871. The maximum atomic E-state index is 5.81. The fourth-order valence-electron chi connectivity index (χ4n) is 2.32. The van der Waals surface area contributed by atoms with Crippen LogP contribution in [0.1, 0.15) is 37.5 Å². The summed E-state index contributed by atoms with van der Waals surface area (Å²) >= 11 is 7.53. The molecule has 104 valence electrons. The Labute approximate surface area is 120 Å². The topological polar surface area (TPSA) is 19.4 Å². The molecule has 0 bridgehead atoms. The molecule has 1 rings (SSSR count). The molecule has 0 fully saturated rings. The van der Waals surface area contributed by atoms with Crippen molar-refractivity contribution in [2.45, 2.75) is 38.7 Å². The van der Waals surface area contributed by atoms with Gasteiger partial charge in [0.15, 0.2) is 0 Å². The minimum atomic E-state index is 0.354. The lowest BCUT2D eigenvalue weighted by Crippen LogP contribution is -2.41. The van der Waals surface area contributed by atoms with Crippen LogP contribution in [0, 0.1) is 0 Å². The van der Waals surface area contributed by atoms with Crippen LogP contribution in [0.4, 0.5) is 0 Å². The summed E-state index contributed by atoms with van der Waals surface area (Å²) in [5.74, 6) is 0.503. The van der Waals surface area contributed by atoms with Crippen LogP contribution in [0.5, 0.6) is 0 Å². The number of alkyl halides is 1. The third kappa shape index (κ3) is 4.19. The van der Waals surface area contributed by atoms with Gasteiger partial charge in [-0.3, -0.25) is 4.90 Å². The average molecular weight is 290 g/mol. The molecule has 1 heterocycles. The third-order valence-corrected chi connectivity index (χ3v) is 4.46. The van der Waals surface area contributed by atoms with E-state index in [9.17, 15) is 0 Å². The molecule has 3 nitrogen and oxygen atoms in total. The van der Waals surface area contributed by atoms with Crippen LogP contribution in [0.3, 0.4) is 0 Å². The summed E-state index contributed by atoms with van der Waals surface area (Å²) in [6.45, 7) is 8.80. The number of thiazole rings is 1. The van der Waals surface area contributed by atoms with Crippen LogP contribution < -0.4 is 0 Å². The van der Waals surface area contributed by atoms with Gasteiger partial charge in [0.2, 0.25) is 0 Å². The zero-order valence-electron chi connectivity index (χ0n) is 12.0. The summed E-state index contributed by atoms with van der Waals surface area (Å²) in [5.41, 5.74) is 0.986. The lowest BCUT2D eigenvalue weighted by molar-refractivity contribution is 0.136. The van der Waals surface area contributed by atoms with Crippen molar-refractivity contribution in [3.8, 4) is 0 Å². The van der Waals surface area contributed by atoms with Crippen molar-refractivity contribution in [2.75, 3.05) is 27.2 Å². The number of hydrogen-bond acceptors (Lipinski definition) is 4. The van der Waals surface area contributed by atoms with Gasteiger partial charge in [-0.2, -0.15) is 0 Å². The highest BCUT2D eigenvalue weighted by Crippen LogP contribution is 2.26. The van der Waals surface area contributed by atoms with Gasteiger partial charge in [-0.15, -0.1) is 22.9 Å². The molecule has 0 saturated heterocycles. The number of rotatable bonds is 7. The second-order valence-electron chi connectivity index (χ2n) is 4.93. The maximum Gasteiger partial charge on any atom is 0.110 e. The monoisotopic (exact) mass is 289 g/mol. The predicted molar refractivity (Wildman–Crippen MR) is 80.5 cm³/mol. The summed E-state index contributed by atoms with van der Waals surface area (Å²) in [7, 11) is 4.23. The Bertz CT molecular complexity index is 354. The first-order valence-corrected chi connectivity index (χ1v) is 7.81. The molecule has 2 atom stereocenters. The molecule has 0 saturated carbocycles. The van der Waals surface area contributed by atoms with E-state index in [2.05, 4.69) is 55.0 Å². The van der Waals surface area contributed by atoms with Crippen molar-refractivity contribution in [1.29, 1.82) is 0 Å². The molecule has 0 radical (unpaired) electrons. The zero-order valence-corrected chi connectivity index (χ0v) is 13.6. The van der Waals surface area contributed by atoms with Gasteiger partial charge in [0.25, 0.3) is 0 Å². The molecule has 0 aliphatic carbocycles. The van der Waals surface area contributed by atoms with Gasteiger partial charge >= 0.3 is 0 Å². The number of likely N-dealkylation sites (N-methyl/N-ethyl adjacent to an activating group) is 2. The standard InChI is InChI=1S/C13H24ClN3S/c1-6-17(10(2)8-16(4)5)11(3)13-15-12(7-14)9-18-13/h9-11H,6-8H2,1-5H3. The van der Waals surface area contributed by atoms with Crippen LogP contribution in [-0.2, 0) is 5.88 Å². The minimum Gasteiger partial charge on any atom is -0.308 e. The van der Waals surface area contributed by atoms with Crippen molar-refractivity contribution in [2.24, 2.45) is 0 Å². The quantitative estimate of drug-likeness (QED) is 0.719. The molecule has 18 heavy (non-hydrogen) atoms. The Morgan fingerprint density at radius 2 is 2.06 bits per heavy atom. The van der Waals surface area contributed by atoms with Gasteiger partial charge in [-0.05, 0) is 34.5 Å². The van der Waals surface area contributed by atoms with Gasteiger partial charge in [-0.25, -0.2) is 4.98 Å². The van der Waals surface area contributed by atoms with E-state index in [4.69, 9.17) is 11.6 Å². The van der Waals surface area contributed by atoms with Crippen LogP contribution >= 0.6 is 22.9 Å². The highest BCUT2D eigenvalue weighted by Gasteiger charge is 2.22. The first-order chi connectivity index (χ1) is 8.49. The Hall–Kier alpha value is -0.160. The molecular weight excluding hydrogens is 266 g/mol. The highest BCUT2D eigenvalue weighted by molar-refractivity contribution is 7.09. The Balaban J connectivity index is 2.74. The average Bonchev–Trinajstić information content (AvgIpc) is 2.77. The summed E-state index contributed by atoms with van der Waals surface area (Å²) in [5, 5.41) is 3.22. The molecule has 0 aliphatic rings. The number of nitrogens with zero attached hydrogens (tertiary/aromatic N) is 3. The fraction of sp³-hybridized carbons (Fsp3) is 0.769. The molecular formula is C13H24ClN3S. The van der Waals surface area contributed by atoms with E-state index >= 15 is 0 Å². The van der Waals surface area contributed by atoms with Crippen molar-refractivity contribution in [1.82, 2.24) is 14.8 Å². The summed E-state index contributed by atoms with van der Waals surface area (Å²) < 4.78 is 0. The predicted octanol–water partition coefficient (Wildman–Crippen LogP) is 3.21. The van der Waals surface area contributed by atoms with Crippen molar-refractivity contribution in [3.05, 3.63) is 16.1 Å². The van der Waals surface area contributed by atoms with E-state index in [1.807, 2.05) is 0 Å². The molecule has 1 aromatic heterocycles. The first kappa shape index (κ1) is 15.9. The molecule has 1 aromatic rings. The second-order valence-corrected chi connectivity index (χ2v) is 6.09. The lowest BCUT2D eigenvalue weighted by atomic mass is 10.2. The van der Waals surface area contributed by atoms with Gasteiger partial charge in [-0.1, -0.05) is 6.92 Å². The van der Waals surface area contributed by atoms with Crippen molar-refractivity contribution < 1.29 is 0 Å². The third-order valence-electron chi connectivity index (χ3n) is 3.12. The number of aromatic nitrogens is 1. The maximum absolute atomic E-state index is 5.81. The fourth-order valence-corrected chi connectivity index (χ4v) is 3.44. The Kier molecular flexibility index (Phi) is 6.57. The van der Waals surface area contributed by atoms with Crippen molar-refractivity contribution in [3.63, 3.8) is 0 Å². The van der Waals surface area contributed by atoms with Crippen molar-refractivity contribution >= 4 is 22.9 Å². The first-order valence-electron chi connectivity index (χ1n) is 6.40. The van der Waals surface area contributed by atoms with Gasteiger partial charge < -0.3 is 4.90 Å². The smallest absolute Gasteiger partial charge is 0.110 e. The Morgan fingerprint density at radius 3 is 2.50 bits per heavy atom.